The lowest BCUT2D eigenvalue weighted by molar-refractivity contribution is -0.144. The molecule has 0 aromatic heterocycles. The molecule has 1 aliphatic rings. The molecular formula is C17H25NO3. The molecule has 4 heteroatoms. The van der Waals surface area contributed by atoms with Crippen molar-refractivity contribution in [3.8, 4) is 5.75 Å². The van der Waals surface area contributed by atoms with Crippen LogP contribution in [0.1, 0.15) is 38.2 Å². The quantitative estimate of drug-likeness (QED) is 0.785. The van der Waals surface area contributed by atoms with Gasteiger partial charge in [-0.3, -0.25) is 9.69 Å². The first-order valence-corrected chi connectivity index (χ1v) is 7.89. The van der Waals surface area contributed by atoms with Crippen LogP contribution < -0.4 is 4.74 Å². The van der Waals surface area contributed by atoms with E-state index >= 15 is 0 Å². The molecule has 1 aliphatic heterocycles. The highest BCUT2D eigenvalue weighted by Crippen LogP contribution is 2.18. The van der Waals surface area contributed by atoms with E-state index in [4.69, 9.17) is 4.74 Å². The van der Waals surface area contributed by atoms with Crippen LogP contribution in [0.3, 0.4) is 0 Å². The zero-order chi connectivity index (χ0) is 15.1. The molecule has 1 N–H and O–H groups in total. The van der Waals surface area contributed by atoms with E-state index < -0.39 is 5.97 Å². The average molecular weight is 291 g/mol. The number of likely N-dealkylation sites (tertiary alicyclic amines) is 1. The van der Waals surface area contributed by atoms with E-state index in [1.54, 1.807) is 0 Å². The van der Waals surface area contributed by atoms with Crippen LogP contribution in [0, 0.1) is 0 Å². The standard InChI is InChI=1S/C17H25NO3/c1-2-14-7-5-8-15(13-14)21-12-6-11-18-10-4-3-9-16(18)17(19)20/h5,7-8,13,16H,2-4,6,9-12H2,1H3,(H,19,20). The minimum absolute atomic E-state index is 0.304. The third-order valence-corrected chi connectivity index (χ3v) is 4.06. The minimum atomic E-state index is -0.689. The number of carbonyl (C=O) groups is 1. The van der Waals surface area contributed by atoms with Gasteiger partial charge in [0.05, 0.1) is 6.61 Å². The molecule has 0 spiro atoms. The first-order chi connectivity index (χ1) is 10.2. The van der Waals surface area contributed by atoms with Crippen molar-refractivity contribution in [1.29, 1.82) is 0 Å². The number of carboxylic acid groups (broad SMARTS) is 1. The molecule has 1 saturated heterocycles. The van der Waals surface area contributed by atoms with Crippen LogP contribution >= 0.6 is 0 Å². The van der Waals surface area contributed by atoms with Gasteiger partial charge in [-0.2, -0.15) is 0 Å². The Balaban J connectivity index is 1.74. The summed E-state index contributed by atoms with van der Waals surface area (Å²) in [5.41, 5.74) is 1.27. The highest BCUT2D eigenvalue weighted by Gasteiger charge is 2.27. The van der Waals surface area contributed by atoms with E-state index in [1.165, 1.54) is 5.56 Å². The molecule has 0 saturated carbocycles. The van der Waals surface area contributed by atoms with E-state index in [9.17, 15) is 9.90 Å². The molecule has 0 bridgehead atoms. The third kappa shape index (κ3) is 4.74. The van der Waals surface area contributed by atoms with E-state index in [2.05, 4.69) is 24.0 Å². The molecule has 0 aliphatic carbocycles. The van der Waals surface area contributed by atoms with E-state index in [-0.39, 0.29) is 6.04 Å². The first kappa shape index (κ1) is 15.8. The van der Waals surface area contributed by atoms with Gasteiger partial charge >= 0.3 is 5.97 Å². The largest absolute Gasteiger partial charge is 0.494 e. The maximum atomic E-state index is 11.2. The Hall–Kier alpha value is -1.55. The number of rotatable bonds is 7. The summed E-state index contributed by atoms with van der Waals surface area (Å²) in [6, 6.07) is 7.85. The Bertz CT molecular complexity index is 461. The molecule has 21 heavy (non-hydrogen) atoms. The maximum Gasteiger partial charge on any atom is 0.320 e. The molecule has 1 fully saturated rings. The molecule has 1 heterocycles. The normalized spacial score (nSPS) is 19.4. The van der Waals surface area contributed by atoms with Gasteiger partial charge < -0.3 is 9.84 Å². The van der Waals surface area contributed by atoms with E-state index in [1.807, 2.05) is 12.1 Å². The second kappa shape index (κ2) is 8.03. The van der Waals surface area contributed by atoms with Crippen molar-refractivity contribution in [2.45, 2.75) is 45.1 Å². The van der Waals surface area contributed by atoms with Gasteiger partial charge in [-0.05, 0) is 49.9 Å². The lowest BCUT2D eigenvalue weighted by Gasteiger charge is -2.32. The number of benzene rings is 1. The van der Waals surface area contributed by atoms with Crippen LogP contribution in [0.5, 0.6) is 5.75 Å². The monoisotopic (exact) mass is 291 g/mol. The number of carboxylic acids is 1. The van der Waals surface area contributed by atoms with Crippen LogP contribution in [0.2, 0.25) is 0 Å². The molecule has 4 nitrogen and oxygen atoms in total. The zero-order valence-corrected chi connectivity index (χ0v) is 12.8. The van der Waals surface area contributed by atoms with Crippen molar-refractivity contribution < 1.29 is 14.6 Å². The van der Waals surface area contributed by atoms with Gasteiger partial charge in [0, 0.05) is 6.54 Å². The van der Waals surface area contributed by atoms with E-state index in [0.717, 1.165) is 50.9 Å². The summed E-state index contributed by atoms with van der Waals surface area (Å²) < 4.78 is 5.76. The summed E-state index contributed by atoms with van der Waals surface area (Å²) in [5.74, 6) is 0.217. The summed E-state index contributed by atoms with van der Waals surface area (Å²) in [7, 11) is 0. The number of hydrogen-bond acceptors (Lipinski definition) is 3. The third-order valence-electron chi connectivity index (χ3n) is 4.06. The predicted octanol–water partition coefficient (Wildman–Crippen LogP) is 2.96. The first-order valence-electron chi connectivity index (χ1n) is 7.89. The SMILES string of the molecule is CCc1cccc(OCCCN2CCCCC2C(=O)O)c1. The van der Waals surface area contributed by atoms with Crippen molar-refractivity contribution in [3.05, 3.63) is 29.8 Å². The topological polar surface area (TPSA) is 49.8 Å². The number of aryl methyl sites for hydroxylation is 1. The summed E-state index contributed by atoms with van der Waals surface area (Å²) in [6.45, 7) is 4.45. The Morgan fingerprint density at radius 1 is 1.43 bits per heavy atom. The zero-order valence-electron chi connectivity index (χ0n) is 12.8. The predicted molar refractivity (Wildman–Crippen MR) is 82.8 cm³/mol. The fourth-order valence-corrected chi connectivity index (χ4v) is 2.85. The van der Waals surface area contributed by atoms with Crippen LogP contribution in [0.25, 0.3) is 0 Å². The Labute approximate surface area is 126 Å². The number of piperidine rings is 1. The molecule has 116 valence electrons. The van der Waals surface area contributed by atoms with Gasteiger partial charge in [-0.1, -0.05) is 25.5 Å². The van der Waals surface area contributed by atoms with Crippen molar-refractivity contribution in [2.24, 2.45) is 0 Å². The minimum Gasteiger partial charge on any atom is -0.494 e. The second-order valence-corrected chi connectivity index (χ2v) is 5.59. The molecule has 1 aromatic rings. The molecule has 0 radical (unpaired) electrons. The highest BCUT2D eigenvalue weighted by atomic mass is 16.5. The van der Waals surface area contributed by atoms with Gasteiger partial charge in [0.1, 0.15) is 11.8 Å². The maximum absolute atomic E-state index is 11.2. The number of nitrogens with zero attached hydrogens (tertiary/aromatic N) is 1. The summed E-state index contributed by atoms with van der Waals surface area (Å²) >= 11 is 0. The van der Waals surface area contributed by atoms with Gasteiger partial charge in [-0.25, -0.2) is 0 Å². The molecule has 2 rings (SSSR count). The number of hydrogen-bond donors (Lipinski definition) is 1. The summed E-state index contributed by atoms with van der Waals surface area (Å²) in [5, 5.41) is 9.23. The second-order valence-electron chi connectivity index (χ2n) is 5.59. The lowest BCUT2D eigenvalue weighted by atomic mass is 10.0. The van der Waals surface area contributed by atoms with E-state index in [0.29, 0.717) is 6.61 Å². The van der Waals surface area contributed by atoms with Gasteiger partial charge in [0.15, 0.2) is 0 Å². The Kier molecular flexibility index (Phi) is 6.05. The van der Waals surface area contributed by atoms with Crippen molar-refractivity contribution in [1.82, 2.24) is 4.90 Å². The number of ether oxygens (including phenoxy) is 1. The average Bonchev–Trinajstić information content (AvgIpc) is 2.52. The summed E-state index contributed by atoms with van der Waals surface area (Å²) in [6.07, 6.45) is 4.76. The Morgan fingerprint density at radius 2 is 2.29 bits per heavy atom. The van der Waals surface area contributed by atoms with Crippen LogP contribution in [-0.2, 0) is 11.2 Å². The lowest BCUT2D eigenvalue weighted by Crippen LogP contribution is -2.45. The molecule has 1 aromatic carbocycles. The fourth-order valence-electron chi connectivity index (χ4n) is 2.85. The van der Waals surface area contributed by atoms with Gasteiger partial charge in [0.2, 0.25) is 0 Å². The summed E-state index contributed by atoms with van der Waals surface area (Å²) in [4.78, 5) is 13.3. The number of aliphatic carboxylic acids is 1. The molecule has 0 amide bonds. The van der Waals surface area contributed by atoms with Gasteiger partial charge in [-0.15, -0.1) is 0 Å². The highest BCUT2D eigenvalue weighted by molar-refractivity contribution is 5.73. The van der Waals surface area contributed by atoms with Crippen LogP contribution in [0.15, 0.2) is 24.3 Å². The molecule has 1 unspecified atom stereocenters. The van der Waals surface area contributed by atoms with Crippen LogP contribution in [0.4, 0.5) is 0 Å². The smallest absolute Gasteiger partial charge is 0.320 e. The van der Waals surface area contributed by atoms with Crippen molar-refractivity contribution in [2.75, 3.05) is 19.7 Å². The van der Waals surface area contributed by atoms with Gasteiger partial charge in [0.25, 0.3) is 0 Å². The fraction of sp³-hybridized carbons (Fsp3) is 0.588. The van der Waals surface area contributed by atoms with Crippen LogP contribution in [-0.4, -0.2) is 41.7 Å². The molecule has 1 atom stereocenters. The molecular weight excluding hydrogens is 266 g/mol. The van der Waals surface area contributed by atoms with Crippen molar-refractivity contribution >= 4 is 5.97 Å². The Morgan fingerprint density at radius 3 is 3.05 bits per heavy atom. The van der Waals surface area contributed by atoms with Crippen molar-refractivity contribution in [3.63, 3.8) is 0 Å².